The number of hydrogen-bond donors (Lipinski definition) is 2. The van der Waals surface area contributed by atoms with Gasteiger partial charge >= 0.3 is 0 Å². The van der Waals surface area contributed by atoms with E-state index in [-0.39, 0.29) is 17.3 Å². The van der Waals surface area contributed by atoms with Gasteiger partial charge in [0.05, 0.1) is 17.3 Å². The van der Waals surface area contributed by atoms with Crippen LogP contribution in [0.2, 0.25) is 5.02 Å². The van der Waals surface area contributed by atoms with Gasteiger partial charge in [-0.05, 0) is 35.9 Å². The van der Waals surface area contributed by atoms with Crippen molar-refractivity contribution in [2.45, 2.75) is 11.5 Å². The Labute approximate surface area is 134 Å². The molecule has 0 saturated heterocycles. The molecule has 2 aromatic carbocycles. The van der Waals surface area contributed by atoms with E-state index in [9.17, 15) is 12.8 Å². The minimum Gasteiger partial charge on any atom is -0.392 e. The van der Waals surface area contributed by atoms with Gasteiger partial charge < -0.3 is 5.11 Å². The third kappa shape index (κ3) is 3.74. The first-order chi connectivity index (χ1) is 9.83. The van der Waals surface area contributed by atoms with Gasteiger partial charge in [-0.1, -0.05) is 33.6 Å². The maximum Gasteiger partial charge on any atom is 0.264 e. The van der Waals surface area contributed by atoms with Crippen molar-refractivity contribution in [2.24, 2.45) is 0 Å². The predicted octanol–water partition coefficient (Wildman–Crippen LogP) is 3.53. The molecule has 112 valence electrons. The molecular weight excluding hydrogens is 385 g/mol. The largest absolute Gasteiger partial charge is 0.392 e. The number of anilines is 1. The zero-order chi connectivity index (χ0) is 15.6. The van der Waals surface area contributed by atoms with E-state index >= 15 is 0 Å². The average molecular weight is 395 g/mol. The molecule has 0 atom stereocenters. The zero-order valence-corrected chi connectivity index (χ0v) is 13.6. The molecule has 21 heavy (non-hydrogen) atoms. The summed E-state index contributed by atoms with van der Waals surface area (Å²) < 4.78 is 41.1. The van der Waals surface area contributed by atoms with Crippen LogP contribution in [0.15, 0.2) is 45.8 Å². The molecule has 0 amide bonds. The van der Waals surface area contributed by atoms with Gasteiger partial charge in [-0.25, -0.2) is 12.8 Å². The van der Waals surface area contributed by atoms with Crippen LogP contribution < -0.4 is 4.72 Å². The first-order valence-corrected chi connectivity index (χ1v) is 8.36. The number of hydrogen-bond acceptors (Lipinski definition) is 3. The van der Waals surface area contributed by atoms with E-state index in [0.29, 0.717) is 10.0 Å². The summed E-state index contributed by atoms with van der Waals surface area (Å²) in [6, 6.07) is 7.94. The van der Waals surface area contributed by atoms with Crippen molar-refractivity contribution in [1.82, 2.24) is 0 Å². The third-order valence-electron chi connectivity index (χ3n) is 2.64. The van der Waals surface area contributed by atoms with Crippen molar-refractivity contribution in [2.75, 3.05) is 4.72 Å². The summed E-state index contributed by atoms with van der Waals surface area (Å²) in [5.74, 6) is -0.909. The van der Waals surface area contributed by atoms with Crippen LogP contribution in [0, 0.1) is 5.82 Å². The van der Waals surface area contributed by atoms with Crippen molar-refractivity contribution >= 4 is 43.2 Å². The molecule has 0 unspecified atom stereocenters. The summed E-state index contributed by atoms with van der Waals surface area (Å²) in [5.41, 5.74) is 0.423. The van der Waals surface area contributed by atoms with Gasteiger partial charge in [0.15, 0.2) is 0 Å². The van der Waals surface area contributed by atoms with Crippen LogP contribution in [-0.4, -0.2) is 13.5 Å². The van der Waals surface area contributed by atoms with Crippen LogP contribution >= 0.6 is 27.5 Å². The second-order valence-corrected chi connectivity index (χ2v) is 7.13. The molecule has 0 heterocycles. The smallest absolute Gasteiger partial charge is 0.264 e. The van der Waals surface area contributed by atoms with E-state index < -0.39 is 20.7 Å². The number of halogens is 3. The highest BCUT2D eigenvalue weighted by Crippen LogP contribution is 2.28. The summed E-state index contributed by atoms with van der Waals surface area (Å²) >= 11 is 9.13. The Morgan fingerprint density at radius 3 is 2.57 bits per heavy atom. The molecule has 0 fully saturated rings. The summed E-state index contributed by atoms with van der Waals surface area (Å²) in [5, 5.41) is 9.19. The normalized spacial score (nSPS) is 11.4. The maximum absolute atomic E-state index is 13.7. The summed E-state index contributed by atoms with van der Waals surface area (Å²) in [7, 11) is -4.15. The average Bonchev–Trinajstić information content (AvgIpc) is 2.42. The highest BCUT2D eigenvalue weighted by molar-refractivity contribution is 9.10. The molecule has 0 aliphatic carbocycles. The zero-order valence-electron chi connectivity index (χ0n) is 10.5. The summed E-state index contributed by atoms with van der Waals surface area (Å²) in [6.45, 7) is -0.387. The number of benzene rings is 2. The molecule has 0 spiro atoms. The van der Waals surface area contributed by atoms with Gasteiger partial charge in [0.2, 0.25) is 0 Å². The molecule has 0 radical (unpaired) electrons. The first-order valence-electron chi connectivity index (χ1n) is 5.70. The van der Waals surface area contributed by atoms with Gasteiger partial charge in [-0.15, -0.1) is 0 Å². The molecule has 4 nitrogen and oxygen atoms in total. The minimum absolute atomic E-state index is 0.133. The molecule has 0 aliphatic heterocycles. The van der Waals surface area contributed by atoms with Crippen LogP contribution in [0.25, 0.3) is 0 Å². The fourth-order valence-corrected chi connectivity index (χ4v) is 3.61. The molecule has 0 bridgehead atoms. The number of nitrogens with one attached hydrogen (secondary N) is 1. The molecule has 0 aromatic heterocycles. The van der Waals surface area contributed by atoms with E-state index in [2.05, 4.69) is 20.7 Å². The van der Waals surface area contributed by atoms with E-state index in [1.54, 1.807) is 6.07 Å². The Hall–Kier alpha value is -1.15. The van der Waals surface area contributed by atoms with Crippen molar-refractivity contribution in [3.05, 3.63) is 57.3 Å². The van der Waals surface area contributed by atoms with Crippen LogP contribution in [0.4, 0.5) is 10.1 Å². The topological polar surface area (TPSA) is 66.4 Å². The molecule has 2 aromatic rings. The number of aliphatic hydroxyl groups is 1. The Morgan fingerprint density at radius 2 is 1.95 bits per heavy atom. The monoisotopic (exact) mass is 393 g/mol. The lowest BCUT2D eigenvalue weighted by atomic mass is 10.2. The van der Waals surface area contributed by atoms with Gasteiger partial charge in [-0.3, -0.25) is 4.72 Å². The summed E-state index contributed by atoms with van der Waals surface area (Å²) in [6.07, 6.45) is 0. The van der Waals surface area contributed by atoms with Crippen molar-refractivity contribution in [1.29, 1.82) is 0 Å². The van der Waals surface area contributed by atoms with E-state index in [4.69, 9.17) is 16.7 Å². The second-order valence-electron chi connectivity index (χ2n) is 4.15. The molecule has 2 rings (SSSR count). The van der Waals surface area contributed by atoms with Crippen LogP contribution in [0.5, 0.6) is 0 Å². The van der Waals surface area contributed by atoms with E-state index in [1.165, 1.54) is 18.2 Å². The Morgan fingerprint density at radius 1 is 1.24 bits per heavy atom. The van der Waals surface area contributed by atoms with Crippen molar-refractivity contribution < 1.29 is 17.9 Å². The first kappa shape index (κ1) is 16.2. The Bertz CT molecular complexity index is 783. The maximum atomic E-state index is 13.7. The van der Waals surface area contributed by atoms with Gasteiger partial charge in [-0.2, -0.15) is 0 Å². The number of rotatable bonds is 4. The lowest BCUT2D eigenvalue weighted by Crippen LogP contribution is -2.15. The molecule has 8 heteroatoms. The minimum atomic E-state index is -4.15. The van der Waals surface area contributed by atoms with Gasteiger partial charge in [0.25, 0.3) is 10.0 Å². The van der Waals surface area contributed by atoms with Crippen molar-refractivity contribution in [3.8, 4) is 0 Å². The number of aliphatic hydroxyl groups excluding tert-OH is 1. The summed E-state index contributed by atoms with van der Waals surface area (Å²) in [4.78, 5) is -0.548. The van der Waals surface area contributed by atoms with Crippen LogP contribution in [0.3, 0.4) is 0 Å². The highest BCUT2D eigenvalue weighted by Gasteiger charge is 2.20. The molecule has 0 aliphatic rings. The second kappa shape index (κ2) is 6.31. The lowest BCUT2D eigenvalue weighted by molar-refractivity contribution is 0.281. The third-order valence-corrected chi connectivity index (χ3v) is 4.83. The number of sulfonamides is 1. The Kier molecular flexibility index (Phi) is 4.88. The quantitative estimate of drug-likeness (QED) is 0.833. The molecule has 2 N–H and O–H groups in total. The SMILES string of the molecule is O=S(=O)(Nc1ccc(Br)cc1Cl)c1cc(CO)ccc1F. The van der Waals surface area contributed by atoms with Crippen LogP contribution in [0.1, 0.15) is 5.56 Å². The highest BCUT2D eigenvalue weighted by atomic mass is 79.9. The van der Waals surface area contributed by atoms with E-state index in [1.807, 2.05) is 0 Å². The standard InChI is InChI=1S/C13H10BrClFNO3S/c14-9-2-4-12(10(15)6-9)17-21(19,20)13-5-8(7-18)1-3-11(13)16/h1-6,17-18H,7H2. The van der Waals surface area contributed by atoms with Gasteiger partial charge in [0, 0.05) is 4.47 Å². The Balaban J connectivity index is 2.43. The lowest BCUT2D eigenvalue weighted by Gasteiger charge is -2.11. The van der Waals surface area contributed by atoms with Crippen molar-refractivity contribution in [3.63, 3.8) is 0 Å². The predicted molar refractivity (Wildman–Crippen MR) is 82.3 cm³/mol. The van der Waals surface area contributed by atoms with Gasteiger partial charge in [0.1, 0.15) is 10.7 Å². The fourth-order valence-electron chi connectivity index (χ4n) is 1.62. The van der Waals surface area contributed by atoms with E-state index in [0.717, 1.165) is 12.1 Å². The fraction of sp³-hybridized carbons (Fsp3) is 0.0769. The van der Waals surface area contributed by atoms with Crippen LogP contribution in [-0.2, 0) is 16.6 Å². The molecular formula is C13H10BrClFNO3S. The molecule has 0 saturated carbocycles.